The standard InChI is InChI=1S/C7H8F3NO4/c8-7(9,10)6(14)11-3-1-2-15-4(3)5(12)13/h3-4H,1-2H2,(H,11,14)(H,12,13)/t3-,4+/m0/s1. The van der Waals surface area contributed by atoms with Gasteiger partial charge in [-0.25, -0.2) is 4.79 Å². The number of carboxylic acids is 1. The van der Waals surface area contributed by atoms with Crippen LogP contribution in [0.15, 0.2) is 0 Å². The summed E-state index contributed by atoms with van der Waals surface area (Å²) in [6.07, 6.45) is -6.36. The van der Waals surface area contributed by atoms with Crippen molar-refractivity contribution in [1.29, 1.82) is 0 Å². The number of aliphatic carboxylic acids is 1. The number of nitrogens with one attached hydrogen (secondary N) is 1. The van der Waals surface area contributed by atoms with Crippen LogP contribution in [0.4, 0.5) is 13.2 Å². The molecule has 0 aromatic carbocycles. The maximum absolute atomic E-state index is 11.8. The smallest absolute Gasteiger partial charge is 0.471 e. The first-order valence-electron chi connectivity index (χ1n) is 4.04. The van der Waals surface area contributed by atoms with Crippen LogP contribution < -0.4 is 5.32 Å². The highest BCUT2D eigenvalue weighted by molar-refractivity contribution is 5.83. The van der Waals surface area contributed by atoms with Gasteiger partial charge in [0.25, 0.3) is 0 Å². The number of carbonyl (C=O) groups is 2. The molecule has 0 unspecified atom stereocenters. The van der Waals surface area contributed by atoms with Crippen molar-refractivity contribution in [3.05, 3.63) is 0 Å². The first-order valence-corrected chi connectivity index (χ1v) is 4.04. The number of rotatable bonds is 2. The van der Waals surface area contributed by atoms with Gasteiger partial charge in [0, 0.05) is 6.61 Å². The summed E-state index contributed by atoms with van der Waals surface area (Å²) in [7, 11) is 0. The van der Waals surface area contributed by atoms with Crippen LogP contribution in [0.25, 0.3) is 0 Å². The Bertz CT molecular complexity index is 278. The van der Waals surface area contributed by atoms with E-state index in [0.717, 1.165) is 0 Å². The van der Waals surface area contributed by atoms with E-state index in [4.69, 9.17) is 5.11 Å². The highest BCUT2D eigenvalue weighted by Crippen LogP contribution is 2.18. The Balaban J connectivity index is 2.58. The summed E-state index contributed by atoms with van der Waals surface area (Å²) in [6.45, 7) is 0.0137. The molecule has 2 N–H and O–H groups in total. The first-order chi connectivity index (χ1) is 6.82. The molecule has 2 atom stereocenters. The van der Waals surface area contributed by atoms with Crippen molar-refractivity contribution in [3.8, 4) is 0 Å². The number of carboxylic acid groups (broad SMARTS) is 1. The Morgan fingerprint density at radius 2 is 2.00 bits per heavy atom. The Morgan fingerprint density at radius 3 is 2.47 bits per heavy atom. The Kier molecular flexibility index (Phi) is 3.18. The Labute approximate surface area is 82.2 Å². The van der Waals surface area contributed by atoms with Crippen molar-refractivity contribution in [2.45, 2.75) is 24.7 Å². The summed E-state index contributed by atoms with van der Waals surface area (Å²) in [5, 5.41) is 10.1. The fourth-order valence-electron chi connectivity index (χ4n) is 1.23. The lowest BCUT2D eigenvalue weighted by molar-refractivity contribution is -0.175. The maximum atomic E-state index is 11.8. The van der Waals surface area contributed by atoms with Crippen molar-refractivity contribution in [3.63, 3.8) is 0 Å². The Hall–Kier alpha value is -1.31. The summed E-state index contributed by atoms with van der Waals surface area (Å²) in [4.78, 5) is 21.0. The van der Waals surface area contributed by atoms with E-state index >= 15 is 0 Å². The van der Waals surface area contributed by atoms with Gasteiger partial charge in [0.05, 0.1) is 6.04 Å². The highest BCUT2D eigenvalue weighted by atomic mass is 19.4. The van der Waals surface area contributed by atoms with E-state index in [0.29, 0.717) is 0 Å². The molecule has 0 aliphatic carbocycles. The van der Waals surface area contributed by atoms with E-state index in [1.165, 1.54) is 0 Å². The van der Waals surface area contributed by atoms with Crippen LogP contribution in [0.3, 0.4) is 0 Å². The van der Waals surface area contributed by atoms with Gasteiger partial charge in [0.2, 0.25) is 0 Å². The molecule has 1 saturated heterocycles. The largest absolute Gasteiger partial charge is 0.479 e. The predicted molar refractivity (Wildman–Crippen MR) is 40.0 cm³/mol. The van der Waals surface area contributed by atoms with Crippen LogP contribution >= 0.6 is 0 Å². The topological polar surface area (TPSA) is 75.6 Å². The summed E-state index contributed by atoms with van der Waals surface area (Å²) in [5.41, 5.74) is 0. The minimum Gasteiger partial charge on any atom is -0.479 e. The van der Waals surface area contributed by atoms with Gasteiger partial charge in [0.15, 0.2) is 6.10 Å². The van der Waals surface area contributed by atoms with E-state index in [-0.39, 0.29) is 13.0 Å². The van der Waals surface area contributed by atoms with Gasteiger partial charge in [-0.15, -0.1) is 0 Å². The fraction of sp³-hybridized carbons (Fsp3) is 0.714. The minimum absolute atomic E-state index is 0.0137. The van der Waals surface area contributed by atoms with Gasteiger partial charge in [-0.05, 0) is 6.42 Å². The van der Waals surface area contributed by atoms with Gasteiger partial charge in [-0.3, -0.25) is 4.79 Å². The lowest BCUT2D eigenvalue weighted by atomic mass is 10.1. The van der Waals surface area contributed by atoms with E-state index in [9.17, 15) is 22.8 Å². The molecule has 86 valence electrons. The number of amides is 1. The molecule has 0 bridgehead atoms. The zero-order valence-corrected chi connectivity index (χ0v) is 7.37. The van der Waals surface area contributed by atoms with E-state index < -0.39 is 30.2 Å². The second-order valence-electron chi connectivity index (χ2n) is 3.00. The maximum Gasteiger partial charge on any atom is 0.471 e. The number of hydrogen-bond acceptors (Lipinski definition) is 3. The summed E-state index contributed by atoms with van der Waals surface area (Å²) in [6, 6.07) is -1.13. The van der Waals surface area contributed by atoms with Crippen LogP contribution in [0.2, 0.25) is 0 Å². The van der Waals surface area contributed by atoms with Gasteiger partial charge >= 0.3 is 18.1 Å². The molecule has 1 heterocycles. The van der Waals surface area contributed by atoms with Crippen molar-refractivity contribution in [2.75, 3.05) is 6.61 Å². The monoisotopic (exact) mass is 227 g/mol. The molecule has 1 rings (SSSR count). The van der Waals surface area contributed by atoms with Crippen molar-refractivity contribution in [2.24, 2.45) is 0 Å². The third-order valence-corrected chi connectivity index (χ3v) is 1.91. The zero-order chi connectivity index (χ0) is 11.6. The molecule has 1 fully saturated rings. The number of hydrogen-bond donors (Lipinski definition) is 2. The van der Waals surface area contributed by atoms with Crippen LogP contribution in [-0.2, 0) is 14.3 Å². The van der Waals surface area contributed by atoms with Crippen LogP contribution in [0.1, 0.15) is 6.42 Å². The molecule has 0 spiro atoms. The third-order valence-electron chi connectivity index (χ3n) is 1.91. The van der Waals surface area contributed by atoms with Gasteiger partial charge < -0.3 is 15.2 Å². The lowest BCUT2D eigenvalue weighted by Gasteiger charge is -2.16. The quantitative estimate of drug-likeness (QED) is 0.691. The molecule has 0 aromatic rings. The molecule has 1 aliphatic rings. The SMILES string of the molecule is O=C(O)[C@@H]1OCC[C@@H]1NC(=O)C(F)(F)F. The van der Waals surface area contributed by atoms with E-state index in [1.807, 2.05) is 0 Å². The molecule has 0 radical (unpaired) electrons. The normalized spacial score (nSPS) is 26.3. The summed E-state index contributed by atoms with van der Waals surface area (Å²) < 4.78 is 40.2. The van der Waals surface area contributed by atoms with Crippen LogP contribution in [0, 0.1) is 0 Å². The zero-order valence-electron chi connectivity index (χ0n) is 7.37. The molecule has 0 aromatic heterocycles. The lowest BCUT2D eigenvalue weighted by Crippen LogP contribution is -2.48. The van der Waals surface area contributed by atoms with Crippen molar-refractivity contribution < 1.29 is 32.6 Å². The van der Waals surface area contributed by atoms with Crippen LogP contribution in [0.5, 0.6) is 0 Å². The molecule has 8 heteroatoms. The number of halogens is 3. The Morgan fingerprint density at radius 1 is 1.40 bits per heavy atom. The highest BCUT2D eigenvalue weighted by Gasteiger charge is 2.43. The van der Waals surface area contributed by atoms with Gasteiger partial charge in [-0.1, -0.05) is 0 Å². The first kappa shape index (κ1) is 11.8. The number of carbonyl (C=O) groups excluding carboxylic acids is 1. The van der Waals surface area contributed by atoms with E-state index in [1.54, 1.807) is 5.32 Å². The third kappa shape index (κ3) is 2.82. The summed E-state index contributed by atoms with van der Waals surface area (Å²) >= 11 is 0. The van der Waals surface area contributed by atoms with Gasteiger partial charge in [0.1, 0.15) is 0 Å². The molecular formula is C7H8F3NO4. The van der Waals surface area contributed by atoms with Crippen LogP contribution in [-0.4, -0.2) is 41.9 Å². The average Bonchev–Trinajstić information content (AvgIpc) is 2.50. The second-order valence-corrected chi connectivity index (χ2v) is 3.00. The number of alkyl halides is 3. The van der Waals surface area contributed by atoms with E-state index in [2.05, 4.69) is 4.74 Å². The molecule has 1 aliphatic heterocycles. The minimum atomic E-state index is -5.01. The second kappa shape index (κ2) is 4.05. The predicted octanol–water partition coefficient (Wildman–Crippen LogP) is -0.0930. The molecule has 1 amide bonds. The number of ether oxygens (including phenoxy) is 1. The van der Waals surface area contributed by atoms with Crippen molar-refractivity contribution in [1.82, 2.24) is 5.32 Å². The van der Waals surface area contributed by atoms with Crippen molar-refractivity contribution >= 4 is 11.9 Å². The molecular weight excluding hydrogens is 219 g/mol. The molecule has 15 heavy (non-hydrogen) atoms. The molecule has 0 saturated carbocycles. The molecule has 5 nitrogen and oxygen atoms in total. The fourth-order valence-corrected chi connectivity index (χ4v) is 1.23. The van der Waals surface area contributed by atoms with Gasteiger partial charge in [-0.2, -0.15) is 13.2 Å². The average molecular weight is 227 g/mol. The summed E-state index contributed by atoms with van der Waals surface area (Å²) in [5.74, 6) is -3.54.